The zero-order valence-corrected chi connectivity index (χ0v) is 11.3. The second kappa shape index (κ2) is 4.69. The highest BCUT2D eigenvalue weighted by atomic mass is 79.9. The number of anilines is 1. The molecule has 5 heteroatoms. The Balaban J connectivity index is 2.34. The van der Waals surface area contributed by atoms with E-state index in [0.29, 0.717) is 5.75 Å². The normalized spacial score (nSPS) is 20.9. The van der Waals surface area contributed by atoms with Crippen molar-refractivity contribution in [3.8, 4) is 0 Å². The molecule has 0 aliphatic carbocycles. The third-order valence-corrected chi connectivity index (χ3v) is 3.79. The van der Waals surface area contributed by atoms with Crippen LogP contribution in [0.15, 0.2) is 40.5 Å². The van der Waals surface area contributed by atoms with Gasteiger partial charge >= 0.3 is 0 Å². The summed E-state index contributed by atoms with van der Waals surface area (Å²) in [5, 5.41) is 13.9. The van der Waals surface area contributed by atoms with E-state index >= 15 is 0 Å². The van der Waals surface area contributed by atoms with Gasteiger partial charge in [0.15, 0.2) is 6.23 Å². The lowest BCUT2D eigenvalue weighted by Gasteiger charge is -2.32. The monoisotopic (exact) mass is 300 g/mol. The zero-order valence-electron chi connectivity index (χ0n) is 8.84. The highest BCUT2D eigenvalue weighted by Gasteiger charge is 2.33. The fourth-order valence-electron chi connectivity index (χ4n) is 1.78. The molecule has 1 aliphatic heterocycles. The summed E-state index contributed by atoms with van der Waals surface area (Å²) in [5.41, 5.74) is 1.92. The SMILES string of the molecule is CN1C(CS)=C(Br)C(O)N1c1ccccc1. The predicted octanol–water partition coefficient (Wildman–Crippen LogP) is 2.21. The number of nitrogens with zero attached hydrogens (tertiary/aromatic N) is 2. The summed E-state index contributed by atoms with van der Waals surface area (Å²) in [6.45, 7) is 0. The van der Waals surface area contributed by atoms with Gasteiger partial charge in [-0.3, -0.25) is 10.0 Å². The first-order chi connectivity index (χ1) is 7.66. The van der Waals surface area contributed by atoms with Gasteiger partial charge in [-0.2, -0.15) is 12.6 Å². The van der Waals surface area contributed by atoms with Crippen molar-refractivity contribution in [1.82, 2.24) is 5.01 Å². The molecule has 1 aliphatic rings. The van der Waals surface area contributed by atoms with Gasteiger partial charge in [-0.25, -0.2) is 0 Å². The van der Waals surface area contributed by atoms with Crippen LogP contribution in [-0.2, 0) is 0 Å². The molecule has 0 bridgehead atoms. The number of thiol groups is 1. The maximum atomic E-state index is 10.1. The molecule has 0 amide bonds. The molecule has 1 aromatic carbocycles. The Hall–Kier alpha value is -0.650. The van der Waals surface area contributed by atoms with E-state index in [0.717, 1.165) is 15.9 Å². The van der Waals surface area contributed by atoms with Crippen molar-refractivity contribution in [2.75, 3.05) is 17.8 Å². The highest BCUT2D eigenvalue weighted by molar-refractivity contribution is 9.11. The molecule has 0 spiro atoms. The first-order valence-corrected chi connectivity index (χ1v) is 6.34. The van der Waals surface area contributed by atoms with Crippen LogP contribution in [-0.4, -0.2) is 29.1 Å². The second-order valence-electron chi connectivity index (χ2n) is 3.53. The lowest BCUT2D eigenvalue weighted by atomic mass is 10.3. The Labute approximate surface area is 109 Å². The molecule has 1 unspecified atom stereocenters. The molecule has 86 valence electrons. The average molecular weight is 301 g/mol. The largest absolute Gasteiger partial charge is 0.367 e. The molecule has 2 rings (SSSR count). The number of benzene rings is 1. The molecule has 0 saturated carbocycles. The van der Waals surface area contributed by atoms with E-state index in [-0.39, 0.29) is 0 Å². The van der Waals surface area contributed by atoms with Crippen molar-refractivity contribution in [2.45, 2.75) is 6.23 Å². The maximum absolute atomic E-state index is 10.1. The third kappa shape index (κ3) is 1.83. The van der Waals surface area contributed by atoms with Gasteiger partial charge in [0.05, 0.1) is 15.9 Å². The minimum atomic E-state index is -0.672. The van der Waals surface area contributed by atoms with Crippen LogP contribution in [0.1, 0.15) is 0 Å². The molecule has 1 heterocycles. The fraction of sp³-hybridized carbons (Fsp3) is 0.273. The Morgan fingerprint density at radius 3 is 2.50 bits per heavy atom. The smallest absolute Gasteiger partial charge is 0.180 e. The molecule has 0 radical (unpaired) electrons. The van der Waals surface area contributed by atoms with Crippen LogP contribution in [0.2, 0.25) is 0 Å². The van der Waals surface area contributed by atoms with Crippen LogP contribution in [0.3, 0.4) is 0 Å². The summed E-state index contributed by atoms with van der Waals surface area (Å²) in [6, 6.07) is 9.77. The second-order valence-corrected chi connectivity index (χ2v) is 4.70. The van der Waals surface area contributed by atoms with E-state index < -0.39 is 6.23 Å². The van der Waals surface area contributed by atoms with E-state index in [9.17, 15) is 5.11 Å². The minimum Gasteiger partial charge on any atom is -0.367 e. The number of aliphatic hydroxyl groups is 1. The molecule has 3 nitrogen and oxygen atoms in total. The van der Waals surface area contributed by atoms with E-state index in [2.05, 4.69) is 28.6 Å². The number of hydrogen-bond acceptors (Lipinski definition) is 4. The van der Waals surface area contributed by atoms with Gasteiger partial charge in [0, 0.05) is 12.8 Å². The van der Waals surface area contributed by atoms with Crippen LogP contribution in [0.5, 0.6) is 0 Å². The van der Waals surface area contributed by atoms with E-state index in [1.54, 1.807) is 0 Å². The van der Waals surface area contributed by atoms with Crippen LogP contribution in [0.25, 0.3) is 0 Å². The molecular formula is C11H13BrN2OS. The zero-order chi connectivity index (χ0) is 11.7. The van der Waals surface area contributed by atoms with Crippen LogP contribution in [0.4, 0.5) is 5.69 Å². The van der Waals surface area contributed by atoms with Crippen LogP contribution >= 0.6 is 28.6 Å². The molecular weight excluding hydrogens is 288 g/mol. The molecule has 1 aromatic rings. The van der Waals surface area contributed by atoms with Crippen molar-refractivity contribution in [2.24, 2.45) is 0 Å². The number of para-hydroxylation sites is 1. The Morgan fingerprint density at radius 1 is 1.38 bits per heavy atom. The summed E-state index contributed by atoms with van der Waals surface area (Å²) in [5.74, 6) is 0.581. The van der Waals surface area contributed by atoms with Gasteiger partial charge in [0.2, 0.25) is 0 Å². The van der Waals surface area contributed by atoms with Gasteiger partial charge in [-0.15, -0.1) is 0 Å². The molecule has 1 N–H and O–H groups in total. The Kier molecular flexibility index (Phi) is 3.47. The average Bonchev–Trinajstić information content (AvgIpc) is 2.51. The van der Waals surface area contributed by atoms with Crippen molar-refractivity contribution in [3.05, 3.63) is 40.5 Å². The van der Waals surface area contributed by atoms with E-state index in [1.807, 2.05) is 47.4 Å². The van der Waals surface area contributed by atoms with Gasteiger partial charge in [0.1, 0.15) is 0 Å². The Bertz CT molecular complexity index is 410. The standard InChI is InChI=1S/C11H13BrN2OS/c1-13-9(7-16)10(12)11(15)14(13)8-5-3-2-4-6-8/h2-6,11,15-16H,7H2,1H3. The van der Waals surface area contributed by atoms with Gasteiger partial charge < -0.3 is 5.11 Å². The minimum absolute atomic E-state index is 0.581. The highest BCUT2D eigenvalue weighted by Crippen LogP contribution is 2.34. The fourth-order valence-corrected chi connectivity index (χ4v) is 2.96. The number of rotatable bonds is 2. The Morgan fingerprint density at radius 2 is 2.00 bits per heavy atom. The summed E-state index contributed by atoms with van der Waals surface area (Å²) in [6.07, 6.45) is -0.672. The first-order valence-electron chi connectivity index (χ1n) is 4.92. The van der Waals surface area contributed by atoms with Crippen LogP contribution in [0, 0.1) is 0 Å². The number of hydrazine groups is 1. The quantitative estimate of drug-likeness (QED) is 0.820. The summed E-state index contributed by atoms with van der Waals surface area (Å²) in [4.78, 5) is 0. The molecule has 16 heavy (non-hydrogen) atoms. The maximum Gasteiger partial charge on any atom is 0.180 e. The summed E-state index contributed by atoms with van der Waals surface area (Å²) >= 11 is 7.67. The van der Waals surface area contributed by atoms with Gasteiger partial charge in [0.25, 0.3) is 0 Å². The lowest BCUT2D eigenvalue weighted by molar-refractivity contribution is 0.180. The lowest BCUT2D eigenvalue weighted by Crippen LogP contribution is -2.40. The van der Waals surface area contributed by atoms with Gasteiger partial charge in [-0.05, 0) is 28.1 Å². The number of halogens is 1. The van der Waals surface area contributed by atoms with E-state index in [1.165, 1.54) is 0 Å². The molecule has 0 saturated heterocycles. The van der Waals surface area contributed by atoms with Crippen molar-refractivity contribution < 1.29 is 5.11 Å². The topological polar surface area (TPSA) is 26.7 Å². The number of hydrogen-bond donors (Lipinski definition) is 2. The van der Waals surface area contributed by atoms with Crippen molar-refractivity contribution in [3.63, 3.8) is 0 Å². The van der Waals surface area contributed by atoms with Crippen LogP contribution < -0.4 is 5.01 Å². The summed E-state index contributed by atoms with van der Waals surface area (Å²) < 4.78 is 0.772. The molecule has 0 aromatic heterocycles. The first kappa shape index (κ1) is 11.8. The van der Waals surface area contributed by atoms with Crippen molar-refractivity contribution >= 4 is 34.2 Å². The molecule has 0 fully saturated rings. The van der Waals surface area contributed by atoms with Crippen molar-refractivity contribution in [1.29, 1.82) is 0 Å². The van der Waals surface area contributed by atoms with Gasteiger partial charge in [-0.1, -0.05) is 18.2 Å². The molecule has 1 atom stereocenters. The van der Waals surface area contributed by atoms with E-state index in [4.69, 9.17) is 0 Å². The third-order valence-electron chi connectivity index (χ3n) is 2.62. The number of aliphatic hydroxyl groups excluding tert-OH is 1. The summed E-state index contributed by atoms with van der Waals surface area (Å²) in [7, 11) is 1.91. The predicted molar refractivity (Wildman–Crippen MR) is 72.5 cm³/mol.